The summed E-state index contributed by atoms with van der Waals surface area (Å²) in [5.74, 6) is -4.75. The third-order valence-electron chi connectivity index (χ3n) is 2.40. The Hall–Kier alpha value is -1.04. The van der Waals surface area contributed by atoms with Gasteiger partial charge in [0.2, 0.25) is 0 Å². The SMILES string of the molecule is CC(C)(Cc1c(F)c(F)cc(Br)c1F)C(=O)O. The maximum absolute atomic E-state index is 13.6. The van der Waals surface area contributed by atoms with Crippen LogP contribution in [0.1, 0.15) is 19.4 Å². The van der Waals surface area contributed by atoms with Gasteiger partial charge >= 0.3 is 5.97 Å². The zero-order valence-electron chi connectivity index (χ0n) is 9.15. The molecular formula is C11H10BrF3O2. The summed E-state index contributed by atoms with van der Waals surface area (Å²) in [5, 5.41) is 8.87. The minimum atomic E-state index is -1.38. The van der Waals surface area contributed by atoms with Crippen molar-refractivity contribution in [3.8, 4) is 0 Å². The second-order valence-electron chi connectivity index (χ2n) is 4.31. The van der Waals surface area contributed by atoms with Crippen molar-refractivity contribution in [1.29, 1.82) is 0 Å². The van der Waals surface area contributed by atoms with Crippen LogP contribution in [0.15, 0.2) is 10.5 Å². The van der Waals surface area contributed by atoms with Gasteiger partial charge in [-0.25, -0.2) is 13.2 Å². The van der Waals surface area contributed by atoms with Crippen LogP contribution in [0.5, 0.6) is 0 Å². The number of hydrogen-bond donors (Lipinski definition) is 1. The Bertz CT molecular complexity index is 446. The Morgan fingerprint density at radius 3 is 2.35 bits per heavy atom. The number of hydrogen-bond acceptors (Lipinski definition) is 1. The largest absolute Gasteiger partial charge is 0.481 e. The van der Waals surface area contributed by atoms with Gasteiger partial charge in [0.15, 0.2) is 11.6 Å². The summed E-state index contributed by atoms with van der Waals surface area (Å²) < 4.78 is 39.8. The van der Waals surface area contributed by atoms with Crippen LogP contribution in [0.3, 0.4) is 0 Å². The summed E-state index contributed by atoms with van der Waals surface area (Å²) in [6.45, 7) is 2.63. The molecule has 6 heteroatoms. The molecule has 0 aliphatic carbocycles. The number of carboxylic acid groups (broad SMARTS) is 1. The Morgan fingerprint density at radius 2 is 1.88 bits per heavy atom. The number of rotatable bonds is 3. The zero-order chi connectivity index (χ0) is 13.4. The number of aliphatic carboxylic acids is 1. The molecule has 0 aliphatic rings. The maximum Gasteiger partial charge on any atom is 0.309 e. The van der Waals surface area contributed by atoms with Crippen molar-refractivity contribution in [2.45, 2.75) is 20.3 Å². The fourth-order valence-corrected chi connectivity index (χ4v) is 1.74. The van der Waals surface area contributed by atoms with Gasteiger partial charge in [-0.1, -0.05) is 0 Å². The van der Waals surface area contributed by atoms with Crippen LogP contribution >= 0.6 is 15.9 Å². The first-order valence-electron chi connectivity index (χ1n) is 4.72. The molecule has 0 spiro atoms. The lowest BCUT2D eigenvalue weighted by Crippen LogP contribution is -2.27. The molecule has 94 valence electrons. The average Bonchev–Trinajstić information content (AvgIpc) is 2.21. The number of halogens is 4. The monoisotopic (exact) mass is 310 g/mol. The highest BCUT2D eigenvalue weighted by atomic mass is 79.9. The zero-order valence-corrected chi connectivity index (χ0v) is 10.7. The molecule has 1 aromatic carbocycles. The lowest BCUT2D eigenvalue weighted by Gasteiger charge is -2.20. The van der Waals surface area contributed by atoms with Gasteiger partial charge in [0, 0.05) is 5.56 Å². The van der Waals surface area contributed by atoms with E-state index >= 15 is 0 Å². The molecule has 0 aromatic heterocycles. The van der Waals surface area contributed by atoms with Gasteiger partial charge in [-0.2, -0.15) is 0 Å². The van der Waals surface area contributed by atoms with Crippen molar-refractivity contribution >= 4 is 21.9 Å². The molecule has 0 fully saturated rings. The van der Waals surface area contributed by atoms with Crippen molar-refractivity contribution in [2.75, 3.05) is 0 Å². The highest BCUT2D eigenvalue weighted by Crippen LogP contribution is 2.30. The van der Waals surface area contributed by atoms with E-state index in [1.807, 2.05) is 0 Å². The van der Waals surface area contributed by atoms with Gasteiger partial charge in [-0.05, 0) is 42.3 Å². The van der Waals surface area contributed by atoms with Crippen molar-refractivity contribution < 1.29 is 23.1 Å². The summed E-state index contributed by atoms with van der Waals surface area (Å²) in [6, 6.07) is 0.669. The lowest BCUT2D eigenvalue weighted by atomic mass is 9.85. The van der Waals surface area contributed by atoms with E-state index in [4.69, 9.17) is 5.11 Å². The minimum absolute atomic E-state index is 0.229. The van der Waals surface area contributed by atoms with Crippen LogP contribution in [-0.4, -0.2) is 11.1 Å². The van der Waals surface area contributed by atoms with E-state index in [1.165, 1.54) is 13.8 Å². The first-order valence-corrected chi connectivity index (χ1v) is 5.51. The molecule has 0 atom stereocenters. The lowest BCUT2D eigenvalue weighted by molar-refractivity contribution is -0.146. The third-order valence-corrected chi connectivity index (χ3v) is 2.98. The number of carboxylic acids is 1. The van der Waals surface area contributed by atoms with Gasteiger partial charge in [-0.3, -0.25) is 4.79 Å². The second-order valence-corrected chi connectivity index (χ2v) is 5.17. The Labute approximate surface area is 105 Å². The van der Waals surface area contributed by atoms with E-state index in [2.05, 4.69) is 15.9 Å². The van der Waals surface area contributed by atoms with Crippen LogP contribution < -0.4 is 0 Å². The predicted octanol–water partition coefficient (Wildman–Crippen LogP) is 3.52. The molecular weight excluding hydrogens is 301 g/mol. The molecule has 0 radical (unpaired) electrons. The summed E-state index contributed by atoms with van der Waals surface area (Å²) in [7, 11) is 0. The summed E-state index contributed by atoms with van der Waals surface area (Å²) >= 11 is 2.75. The summed E-state index contributed by atoms with van der Waals surface area (Å²) in [5.41, 5.74) is -1.95. The number of carbonyl (C=O) groups is 1. The van der Waals surface area contributed by atoms with Gasteiger partial charge < -0.3 is 5.11 Å². The van der Waals surface area contributed by atoms with Crippen LogP contribution in [-0.2, 0) is 11.2 Å². The highest BCUT2D eigenvalue weighted by Gasteiger charge is 2.31. The normalized spacial score (nSPS) is 11.6. The fraction of sp³-hybridized carbons (Fsp3) is 0.364. The third kappa shape index (κ3) is 2.80. The van der Waals surface area contributed by atoms with Gasteiger partial charge in [0.05, 0.1) is 9.89 Å². The maximum atomic E-state index is 13.6. The second kappa shape index (κ2) is 4.68. The molecule has 2 nitrogen and oxygen atoms in total. The molecule has 1 aromatic rings. The van der Waals surface area contributed by atoms with E-state index in [0.717, 1.165) is 0 Å². The van der Waals surface area contributed by atoms with Gasteiger partial charge in [0.25, 0.3) is 0 Å². The Balaban J connectivity index is 3.28. The quantitative estimate of drug-likeness (QED) is 0.867. The molecule has 0 heterocycles. The molecule has 0 saturated carbocycles. The molecule has 0 amide bonds. The first-order chi connectivity index (χ1) is 7.66. The minimum Gasteiger partial charge on any atom is -0.481 e. The standard InChI is InChI=1S/C11H10BrF3O2/c1-11(2,10(16)17)4-5-8(14)6(12)3-7(13)9(5)15/h3H,4H2,1-2H3,(H,16,17). The fourth-order valence-electron chi connectivity index (χ4n) is 1.30. The van der Waals surface area contributed by atoms with E-state index in [1.54, 1.807) is 0 Å². The predicted molar refractivity (Wildman–Crippen MR) is 59.1 cm³/mol. The van der Waals surface area contributed by atoms with Gasteiger partial charge in [-0.15, -0.1) is 0 Å². The molecule has 0 saturated heterocycles. The topological polar surface area (TPSA) is 37.3 Å². The van der Waals surface area contributed by atoms with E-state index in [-0.39, 0.29) is 4.47 Å². The first kappa shape index (κ1) is 14.0. The van der Waals surface area contributed by atoms with Crippen molar-refractivity contribution in [3.63, 3.8) is 0 Å². The van der Waals surface area contributed by atoms with Crippen LogP contribution in [0.4, 0.5) is 13.2 Å². The van der Waals surface area contributed by atoms with Crippen LogP contribution in [0, 0.1) is 22.9 Å². The van der Waals surface area contributed by atoms with Crippen LogP contribution in [0.25, 0.3) is 0 Å². The van der Waals surface area contributed by atoms with E-state index in [0.29, 0.717) is 6.07 Å². The molecule has 0 aliphatic heterocycles. The molecule has 0 bridgehead atoms. The van der Waals surface area contributed by atoms with E-state index in [9.17, 15) is 18.0 Å². The van der Waals surface area contributed by atoms with Gasteiger partial charge in [0.1, 0.15) is 5.82 Å². The Kier molecular flexibility index (Phi) is 3.86. The van der Waals surface area contributed by atoms with Crippen molar-refractivity contribution in [3.05, 3.63) is 33.6 Å². The molecule has 17 heavy (non-hydrogen) atoms. The Morgan fingerprint density at radius 1 is 1.35 bits per heavy atom. The molecule has 0 unspecified atom stereocenters. The number of benzene rings is 1. The highest BCUT2D eigenvalue weighted by molar-refractivity contribution is 9.10. The van der Waals surface area contributed by atoms with E-state index < -0.39 is 40.8 Å². The average molecular weight is 311 g/mol. The molecule has 1 rings (SSSR count). The summed E-state index contributed by atoms with van der Waals surface area (Å²) in [4.78, 5) is 10.9. The van der Waals surface area contributed by atoms with Crippen molar-refractivity contribution in [1.82, 2.24) is 0 Å². The summed E-state index contributed by atoms with van der Waals surface area (Å²) in [6.07, 6.45) is -0.434. The van der Waals surface area contributed by atoms with Crippen LogP contribution in [0.2, 0.25) is 0 Å². The smallest absolute Gasteiger partial charge is 0.309 e. The molecule has 1 N–H and O–H groups in total. The van der Waals surface area contributed by atoms with Crippen molar-refractivity contribution in [2.24, 2.45) is 5.41 Å².